The molecule has 0 aliphatic rings. The third-order valence-corrected chi connectivity index (χ3v) is 3.19. The van der Waals surface area contributed by atoms with Crippen LogP contribution in [0.4, 0.5) is 0 Å². The molecule has 1 unspecified atom stereocenters. The van der Waals surface area contributed by atoms with Gasteiger partial charge in [-0.25, -0.2) is 0 Å². The lowest BCUT2D eigenvalue weighted by molar-refractivity contribution is -0.157. The quantitative estimate of drug-likeness (QED) is 0.857. The standard InChI is InChI=1S/C18H29NO2/c1-13(16(20)21-18(5,6)7)19-12-14-8-10-15(11-9-14)17(2,3)4/h8-11,13,19H,12H2,1-7H3. The summed E-state index contributed by atoms with van der Waals surface area (Å²) in [5.74, 6) is -0.214. The van der Waals surface area contributed by atoms with E-state index in [0.717, 1.165) is 0 Å². The lowest BCUT2D eigenvalue weighted by Crippen LogP contribution is -2.38. The maximum absolute atomic E-state index is 11.9. The van der Waals surface area contributed by atoms with Crippen molar-refractivity contribution >= 4 is 5.97 Å². The SMILES string of the molecule is CC(NCc1ccc(C(C)(C)C)cc1)C(=O)OC(C)(C)C. The Balaban J connectivity index is 2.54. The van der Waals surface area contributed by atoms with Crippen molar-refractivity contribution in [2.75, 3.05) is 0 Å². The van der Waals surface area contributed by atoms with E-state index in [-0.39, 0.29) is 17.4 Å². The molecule has 0 amide bonds. The van der Waals surface area contributed by atoms with Gasteiger partial charge in [0.1, 0.15) is 11.6 Å². The highest BCUT2D eigenvalue weighted by Gasteiger charge is 2.21. The van der Waals surface area contributed by atoms with E-state index in [1.807, 2.05) is 27.7 Å². The van der Waals surface area contributed by atoms with Crippen LogP contribution in [0.5, 0.6) is 0 Å². The average Bonchev–Trinajstić information content (AvgIpc) is 2.33. The molecule has 0 heterocycles. The minimum atomic E-state index is -0.443. The number of nitrogens with one attached hydrogen (secondary N) is 1. The lowest BCUT2D eigenvalue weighted by Gasteiger charge is -2.23. The summed E-state index contributed by atoms with van der Waals surface area (Å²) in [6, 6.07) is 8.20. The number of rotatable bonds is 4. The molecule has 118 valence electrons. The monoisotopic (exact) mass is 291 g/mol. The van der Waals surface area contributed by atoms with E-state index in [2.05, 4.69) is 50.4 Å². The Morgan fingerprint density at radius 3 is 2.05 bits per heavy atom. The fourth-order valence-corrected chi connectivity index (χ4v) is 1.87. The molecular formula is C18H29NO2. The molecule has 3 nitrogen and oxygen atoms in total. The molecule has 0 saturated heterocycles. The van der Waals surface area contributed by atoms with Crippen molar-refractivity contribution in [3.63, 3.8) is 0 Å². The molecule has 0 aliphatic carbocycles. The highest BCUT2D eigenvalue weighted by molar-refractivity contribution is 5.75. The molecule has 21 heavy (non-hydrogen) atoms. The van der Waals surface area contributed by atoms with Crippen LogP contribution in [0.15, 0.2) is 24.3 Å². The highest BCUT2D eigenvalue weighted by atomic mass is 16.6. The van der Waals surface area contributed by atoms with Gasteiger partial charge in [-0.2, -0.15) is 0 Å². The first-order chi connectivity index (χ1) is 9.49. The Hall–Kier alpha value is -1.35. The van der Waals surface area contributed by atoms with Crippen molar-refractivity contribution in [3.05, 3.63) is 35.4 Å². The van der Waals surface area contributed by atoms with Crippen LogP contribution in [-0.2, 0) is 21.5 Å². The Kier molecular flexibility index (Phi) is 5.57. The van der Waals surface area contributed by atoms with Gasteiger partial charge in [-0.05, 0) is 44.2 Å². The Labute approximate surface area is 129 Å². The topological polar surface area (TPSA) is 38.3 Å². The number of hydrogen-bond acceptors (Lipinski definition) is 3. The van der Waals surface area contributed by atoms with Crippen LogP contribution in [0.2, 0.25) is 0 Å². The molecule has 3 heteroatoms. The first-order valence-electron chi connectivity index (χ1n) is 7.55. The minimum Gasteiger partial charge on any atom is -0.459 e. The summed E-state index contributed by atoms with van der Waals surface area (Å²) in [4.78, 5) is 11.9. The normalized spacial score (nSPS) is 13.9. The van der Waals surface area contributed by atoms with Crippen LogP contribution in [0, 0.1) is 0 Å². The van der Waals surface area contributed by atoms with Gasteiger partial charge in [-0.3, -0.25) is 4.79 Å². The third kappa shape index (κ3) is 6.30. The summed E-state index contributed by atoms with van der Waals surface area (Å²) < 4.78 is 5.35. The Morgan fingerprint density at radius 2 is 1.62 bits per heavy atom. The zero-order chi connectivity index (χ0) is 16.3. The zero-order valence-electron chi connectivity index (χ0n) is 14.4. The number of hydrogen-bond donors (Lipinski definition) is 1. The maximum Gasteiger partial charge on any atom is 0.323 e. The van der Waals surface area contributed by atoms with Gasteiger partial charge in [0.25, 0.3) is 0 Å². The van der Waals surface area contributed by atoms with Crippen molar-refractivity contribution in [1.29, 1.82) is 0 Å². The van der Waals surface area contributed by atoms with E-state index in [9.17, 15) is 4.79 Å². The number of benzene rings is 1. The van der Waals surface area contributed by atoms with Gasteiger partial charge in [0.05, 0.1) is 0 Å². The summed E-state index contributed by atoms with van der Waals surface area (Å²) in [5.41, 5.74) is 2.20. The molecule has 0 bridgehead atoms. The van der Waals surface area contributed by atoms with Crippen molar-refractivity contribution in [2.24, 2.45) is 0 Å². The Morgan fingerprint density at radius 1 is 1.10 bits per heavy atom. The van der Waals surface area contributed by atoms with Crippen molar-refractivity contribution < 1.29 is 9.53 Å². The minimum absolute atomic E-state index is 0.162. The summed E-state index contributed by atoms with van der Waals surface area (Å²) in [5, 5.41) is 3.20. The molecule has 1 aromatic rings. The first-order valence-corrected chi connectivity index (χ1v) is 7.55. The van der Waals surface area contributed by atoms with Crippen molar-refractivity contribution in [2.45, 2.75) is 72.1 Å². The van der Waals surface area contributed by atoms with Crippen molar-refractivity contribution in [1.82, 2.24) is 5.32 Å². The number of carbonyl (C=O) groups excluding carboxylic acids is 1. The number of esters is 1. The molecule has 1 rings (SSSR count). The molecule has 0 radical (unpaired) electrons. The molecule has 0 fully saturated rings. The predicted octanol–water partition coefficient (Wildman–Crippen LogP) is 3.80. The lowest BCUT2D eigenvalue weighted by atomic mass is 9.87. The average molecular weight is 291 g/mol. The number of ether oxygens (including phenoxy) is 1. The highest BCUT2D eigenvalue weighted by Crippen LogP contribution is 2.22. The largest absolute Gasteiger partial charge is 0.459 e. The van der Waals surface area contributed by atoms with E-state index in [1.54, 1.807) is 0 Å². The second-order valence-corrected chi connectivity index (χ2v) is 7.58. The summed E-state index contributed by atoms with van der Waals surface area (Å²) >= 11 is 0. The van der Waals surface area contributed by atoms with Crippen LogP contribution in [0.3, 0.4) is 0 Å². The second-order valence-electron chi connectivity index (χ2n) is 7.58. The van der Waals surface area contributed by atoms with Gasteiger partial charge < -0.3 is 10.1 Å². The Bertz CT molecular complexity index is 463. The summed E-state index contributed by atoms with van der Waals surface area (Å²) in [6.07, 6.45) is 0. The predicted molar refractivity (Wildman–Crippen MR) is 87.3 cm³/mol. The molecule has 1 atom stereocenters. The molecule has 1 N–H and O–H groups in total. The first kappa shape index (κ1) is 17.7. The van der Waals surface area contributed by atoms with E-state index in [0.29, 0.717) is 6.54 Å². The molecule has 0 spiro atoms. The summed E-state index contributed by atoms with van der Waals surface area (Å²) in [7, 11) is 0. The van der Waals surface area contributed by atoms with Gasteiger partial charge in [0.2, 0.25) is 0 Å². The van der Waals surface area contributed by atoms with Gasteiger partial charge >= 0.3 is 5.97 Å². The summed E-state index contributed by atoms with van der Waals surface area (Å²) in [6.45, 7) is 14.7. The van der Waals surface area contributed by atoms with Crippen LogP contribution >= 0.6 is 0 Å². The van der Waals surface area contributed by atoms with Crippen LogP contribution < -0.4 is 5.32 Å². The molecule has 0 saturated carbocycles. The van der Waals surface area contributed by atoms with Gasteiger partial charge in [-0.1, -0.05) is 45.0 Å². The van der Waals surface area contributed by atoms with E-state index >= 15 is 0 Å². The third-order valence-electron chi connectivity index (χ3n) is 3.19. The van der Waals surface area contributed by atoms with Crippen LogP contribution in [-0.4, -0.2) is 17.6 Å². The second kappa shape index (κ2) is 6.61. The van der Waals surface area contributed by atoms with E-state index in [4.69, 9.17) is 4.74 Å². The maximum atomic E-state index is 11.9. The van der Waals surface area contributed by atoms with Gasteiger partial charge in [0.15, 0.2) is 0 Å². The molecule has 0 aromatic heterocycles. The molecule has 0 aliphatic heterocycles. The zero-order valence-corrected chi connectivity index (χ0v) is 14.4. The van der Waals surface area contributed by atoms with Gasteiger partial charge in [-0.15, -0.1) is 0 Å². The number of carbonyl (C=O) groups is 1. The fourth-order valence-electron chi connectivity index (χ4n) is 1.87. The van der Waals surface area contributed by atoms with Gasteiger partial charge in [0, 0.05) is 6.54 Å². The van der Waals surface area contributed by atoms with E-state index < -0.39 is 5.60 Å². The molecule has 1 aromatic carbocycles. The van der Waals surface area contributed by atoms with Crippen LogP contribution in [0.1, 0.15) is 59.6 Å². The fraction of sp³-hybridized carbons (Fsp3) is 0.611. The van der Waals surface area contributed by atoms with Crippen LogP contribution in [0.25, 0.3) is 0 Å². The molecular weight excluding hydrogens is 262 g/mol. The smallest absolute Gasteiger partial charge is 0.323 e. The van der Waals surface area contributed by atoms with E-state index in [1.165, 1.54) is 11.1 Å². The van der Waals surface area contributed by atoms with Crippen molar-refractivity contribution in [3.8, 4) is 0 Å².